The molecule has 2 rings (SSSR count). The van der Waals surface area contributed by atoms with Crippen LogP contribution in [0.3, 0.4) is 0 Å². The Bertz CT molecular complexity index is 641. The Labute approximate surface area is 128 Å². The molecule has 0 bridgehead atoms. The van der Waals surface area contributed by atoms with Crippen LogP contribution < -0.4 is 5.32 Å². The average molecular weight is 304 g/mol. The predicted octanol–water partition coefficient (Wildman–Crippen LogP) is 4.22. The summed E-state index contributed by atoms with van der Waals surface area (Å²) in [6, 6.07) is 6.20. The summed E-state index contributed by atoms with van der Waals surface area (Å²) in [5, 5.41) is 2.73. The normalized spacial score (nSPS) is 12.0. The lowest BCUT2D eigenvalue weighted by Crippen LogP contribution is -2.32. The molecule has 1 N–H and O–H groups in total. The highest BCUT2D eigenvalue weighted by atomic mass is 32.1. The number of nitrogens with one attached hydrogen (secondary N) is 1. The second kappa shape index (κ2) is 6.72. The topological polar surface area (TPSA) is 51.2 Å². The minimum Gasteiger partial charge on any atom is -0.444 e. The molecule has 0 saturated carbocycles. The Morgan fingerprint density at radius 3 is 3.00 bits per heavy atom. The summed E-state index contributed by atoms with van der Waals surface area (Å²) in [7, 11) is 0. The Hall–Kier alpha value is -1.88. The Morgan fingerprint density at radius 2 is 2.24 bits per heavy atom. The monoisotopic (exact) mass is 304 g/mol. The van der Waals surface area contributed by atoms with Crippen molar-refractivity contribution in [2.75, 3.05) is 6.54 Å². The number of rotatable bonds is 4. The Balaban J connectivity index is 1.76. The van der Waals surface area contributed by atoms with Crippen LogP contribution in [-0.4, -0.2) is 23.2 Å². The van der Waals surface area contributed by atoms with Gasteiger partial charge >= 0.3 is 6.09 Å². The van der Waals surface area contributed by atoms with Crippen molar-refractivity contribution in [1.82, 2.24) is 10.3 Å². The maximum atomic E-state index is 11.4. The van der Waals surface area contributed by atoms with Crippen molar-refractivity contribution < 1.29 is 9.53 Å². The maximum Gasteiger partial charge on any atom is 0.407 e. The molecule has 0 radical (unpaired) electrons. The third-order valence-electron chi connectivity index (χ3n) is 2.64. The summed E-state index contributed by atoms with van der Waals surface area (Å²) in [5.41, 5.74) is 3.53. The van der Waals surface area contributed by atoms with Crippen LogP contribution in [-0.2, 0) is 4.74 Å². The summed E-state index contributed by atoms with van der Waals surface area (Å²) < 4.78 is 6.35. The quantitative estimate of drug-likeness (QED) is 0.860. The van der Waals surface area contributed by atoms with Crippen molar-refractivity contribution in [3.8, 4) is 0 Å². The predicted molar refractivity (Wildman–Crippen MR) is 87.5 cm³/mol. The van der Waals surface area contributed by atoms with E-state index >= 15 is 0 Å². The number of alkyl carbamates (subject to hydrolysis) is 1. The molecule has 5 heteroatoms. The molecule has 0 saturated heterocycles. The van der Waals surface area contributed by atoms with Crippen LogP contribution in [0.5, 0.6) is 0 Å². The lowest BCUT2D eigenvalue weighted by molar-refractivity contribution is 0.0529. The van der Waals surface area contributed by atoms with Gasteiger partial charge in [0.05, 0.1) is 15.7 Å². The standard InChI is InChI=1S/C16H20N2O2S/c1-16(2,3)20-15(19)17-9-5-4-6-12-7-8-14-13(10-12)18-11-21-14/h4,6-8,10-11H,5,9H2,1-3H3,(H,17,19). The fourth-order valence-electron chi connectivity index (χ4n) is 1.77. The summed E-state index contributed by atoms with van der Waals surface area (Å²) in [6.07, 6.45) is 4.45. The molecule has 0 aliphatic carbocycles. The fraction of sp³-hybridized carbons (Fsp3) is 0.375. The molecule has 0 spiro atoms. The van der Waals surface area contributed by atoms with E-state index in [1.165, 1.54) is 4.70 Å². The van der Waals surface area contributed by atoms with Gasteiger partial charge in [-0.3, -0.25) is 0 Å². The summed E-state index contributed by atoms with van der Waals surface area (Å²) in [6.45, 7) is 6.10. The van der Waals surface area contributed by atoms with E-state index in [4.69, 9.17) is 4.74 Å². The first-order valence-corrected chi connectivity index (χ1v) is 7.79. The summed E-state index contributed by atoms with van der Waals surface area (Å²) >= 11 is 1.64. The number of amides is 1. The summed E-state index contributed by atoms with van der Waals surface area (Å²) in [5.74, 6) is 0. The van der Waals surface area contributed by atoms with Crippen molar-refractivity contribution in [2.24, 2.45) is 0 Å². The minimum atomic E-state index is -0.455. The van der Waals surface area contributed by atoms with Crippen molar-refractivity contribution >= 4 is 33.7 Å². The van der Waals surface area contributed by atoms with Crippen molar-refractivity contribution in [1.29, 1.82) is 0 Å². The van der Waals surface area contributed by atoms with Gasteiger partial charge in [-0.2, -0.15) is 0 Å². The molecule has 4 nitrogen and oxygen atoms in total. The minimum absolute atomic E-state index is 0.375. The molecule has 0 atom stereocenters. The van der Waals surface area contributed by atoms with Gasteiger partial charge in [-0.15, -0.1) is 11.3 Å². The number of benzene rings is 1. The van der Waals surface area contributed by atoms with Gasteiger partial charge in [0.2, 0.25) is 0 Å². The van der Waals surface area contributed by atoms with Gasteiger partial charge in [-0.1, -0.05) is 18.2 Å². The van der Waals surface area contributed by atoms with Crippen LogP contribution in [0, 0.1) is 0 Å². The molecule has 0 aliphatic rings. The maximum absolute atomic E-state index is 11.4. The van der Waals surface area contributed by atoms with Crippen LogP contribution in [0.2, 0.25) is 0 Å². The molecule has 0 aliphatic heterocycles. The smallest absolute Gasteiger partial charge is 0.407 e. The van der Waals surface area contributed by atoms with Crippen LogP contribution in [0.25, 0.3) is 16.3 Å². The van der Waals surface area contributed by atoms with Gasteiger partial charge in [-0.25, -0.2) is 9.78 Å². The lowest BCUT2D eigenvalue weighted by Gasteiger charge is -2.19. The number of hydrogen-bond donors (Lipinski definition) is 1. The number of carbonyl (C=O) groups excluding carboxylic acids is 1. The highest BCUT2D eigenvalue weighted by molar-refractivity contribution is 7.16. The van der Waals surface area contributed by atoms with Crippen LogP contribution in [0.15, 0.2) is 29.8 Å². The first-order valence-electron chi connectivity index (χ1n) is 6.91. The molecule has 0 fully saturated rings. The van der Waals surface area contributed by atoms with Crippen LogP contribution >= 0.6 is 11.3 Å². The van der Waals surface area contributed by atoms with E-state index in [2.05, 4.69) is 28.5 Å². The van der Waals surface area contributed by atoms with E-state index in [-0.39, 0.29) is 6.09 Å². The first-order chi connectivity index (χ1) is 9.94. The summed E-state index contributed by atoms with van der Waals surface area (Å²) in [4.78, 5) is 15.7. The number of aromatic nitrogens is 1. The number of ether oxygens (including phenoxy) is 1. The average Bonchev–Trinajstić information content (AvgIpc) is 2.83. The van der Waals surface area contributed by atoms with Gasteiger partial charge in [0.25, 0.3) is 0 Å². The van der Waals surface area contributed by atoms with Crippen molar-refractivity contribution in [2.45, 2.75) is 32.8 Å². The highest BCUT2D eigenvalue weighted by Crippen LogP contribution is 2.19. The molecular weight excluding hydrogens is 284 g/mol. The second-order valence-electron chi connectivity index (χ2n) is 5.70. The third kappa shape index (κ3) is 5.19. The fourth-order valence-corrected chi connectivity index (χ4v) is 2.43. The van der Waals surface area contributed by atoms with Gasteiger partial charge in [0, 0.05) is 6.54 Å². The van der Waals surface area contributed by atoms with E-state index < -0.39 is 5.60 Å². The van der Waals surface area contributed by atoms with E-state index in [9.17, 15) is 4.79 Å². The third-order valence-corrected chi connectivity index (χ3v) is 3.45. The zero-order valence-corrected chi connectivity index (χ0v) is 13.4. The number of thiazole rings is 1. The highest BCUT2D eigenvalue weighted by Gasteiger charge is 2.15. The van der Waals surface area contributed by atoms with Crippen molar-refractivity contribution in [3.63, 3.8) is 0 Å². The van der Waals surface area contributed by atoms with Gasteiger partial charge in [0.15, 0.2) is 0 Å². The molecule has 0 unspecified atom stereocenters. The SMILES string of the molecule is CC(C)(C)OC(=O)NCCC=Cc1ccc2scnc2c1. The number of nitrogens with zero attached hydrogens (tertiary/aromatic N) is 1. The van der Waals surface area contributed by atoms with E-state index in [1.807, 2.05) is 38.4 Å². The molecule has 1 amide bonds. The second-order valence-corrected chi connectivity index (χ2v) is 6.59. The molecule has 1 aromatic heterocycles. The number of carbonyl (C=O) groups is 1. The zero-order valence-electron chi connectivity index (χ0n) is 12.6. The van der Waals surface area contributed by atoms with Crippen LogP contribution in [0.1, 0.15) is 32.8 Å². The Kier molecular flexibility index (Phi) is 4.96. The van der Waals surface area contributed by atoms with Crippen LogP contribution in [0.4, 0.5) is 4.79 Å². The molecule has 1 heterocycles. The van der Waals surface area contributed by atoms with E-state index in [0.717, 1.165) is 17.5 Å². The van der Waals surface area contributed by atoms with E-state index in [0.29, 0.717) is 6.54 Å². The van der Waals surface area contributed by atoms with Gasteiger partial charge < -0.3 is 10.1 Å². The Morgan fingerprint density at radius 1 is 1.43 bits per heavy atom. The first kappa shape index (κ1) is 15.5. The zero-order chi connectivity index (χ0) is 15.3. The molecule has 112 valence electrons. The number of fused-ring (bicyclic) bond motifs is 1. The van der Waals surface area contributed by atoms with Crippen molar-refractivity contribution in [3.05, 3.63) is 35.3 Å². The molecular formula is C16H20N2O2S. The largest absolute Gasteiger partial charge is 0.444 e. The number of hydrogen-bond acceptors (Lipinski definition) is 4. The van der Waals surface area contributed by atoms with Gasteiger partial charge in [-0.05, 0) is 44.9 Å². The molecule has 21 heavy (non-hydrogen) atoms. The molecule has 2 aromatic rings. The molecule has 1 aromatic carbocycles. The van der Waals surface area contributed by atoms with Gasteiger partial charge in [0.1, 0.15) is 5.60 Å². The lowest BCUT2D eigenvalue weighted by atomic mass is 10.2. The van der Waals surface area contributed by atoms with E-state index in [1.54, 1.807) is 11.3 Å².